The highest BCUT2D eigenvalue weighted by Crippen LogP contribution is 2.31. The van der Waals surface area contributed by atoms with Gasteiger partial charge in [0.05, 0.1) is 6.54 Å². The number of amides is 1. The number of fused-ring (bicyclic) bond motifs is 1. The van der Waals surface area contributed by atoms with Crippen LogP contribution >= 0.6 is 15.9 Å². The second-order valence-corrected chi connectivity index (χ2v) is 6.11. The first-order valence-corrected chi connectivity index (χ1v) is 7.82. The molecule has 0 saturated carbocycles. The third-order valence-corrected chi connectivity index (χ3v) is 3.96. The van der Waals surface area contributed by atoms with Crippen LogP contribution in [0.15, 0.2) is 53.0 Å². The van der Waals surface area contributed by atoms with E-state index >= 15 is 0 Å². The lowest BCUT2D eigenvalue weighted by molar-refractivity contribution is 0.0521. The Bertz CT molecular complexity index is 689. The lowest BCUT2D eigenvalue weighted by Crippen LogP contribution is -2.41. The van der Waals surface area contributed by atoms with Gasteiger partial charge in [0.2, 0.25) is 0 Å². The summed E-state index contributed by atoms with van der Waals surface area (Å²) in [4.78, 5) is 14.1. The van der Waals surface area contributed by atoms with E-state index in [1.165, 1.54) is 0 Å². The molecule has 3 rings (SSSR count). The molecule has 0 aromatic heterocycles. The number of para-hydroxylation sites is 2. The van der Waals surface area contributed by atoms with Crippen molar-refractivity contribution in [2.45, 2.75) is 6.10 Å². The Balaban J connectivity index is 1.65. The van der Waals surface area contributed by atoms with Crippen LogP contribution in [0.5, 0.6) is 11.5 Å². The Morgan fingerprint density at radius 1 is 1.23 bits per heavy atom. The van der Waals surface area contributed by atoms with Crippen LogP contribution in [0.2, 0.25) is 0 Å². The van der Waals surface area contributed by atoms with Crippen molar-refractivity contribution in [2.24, 2.45) is 0 Å². The van der Waals surface area contributed by atoms with Gasteiger partial charge in [0, 0.05) is 17.1 Å². The summed E-state index contributed by atoms with van der Waals surface area (Å²) in [6, 6.07) is 14.9. The molecular formula is C17H16BrNO3. The largest absolute Gasteiger partial charge is 0.486 e. The number of carbonyl (C=O) groups is 1. The Kier molecular flexibility index (Phi) is 4.34. The zero-order valence-electron chi connectivity index (χ0n) is 12.2. The van der Waals surface area contributed by atoms with Crippen LogP contribution in [0, 0.1) is 0 Å². The number of rotatable bonds is 3. The molecular weight excluding hydrogens is 346 g/mol. The van der Waals surface area contributed by atoms with Gasteiger partial charge in [-0.3, -0.25) is 4.79 Å². The van der Waals surface area contributed by atoms with Crippen LogP contribution < -0.4 is 9.47 Å². The average Bonchev–Trinajstić information content (AvgIpc) is 2.54. The molecule has 1 aliphatic heterocycles. The van der Waals surface area contributed by atoms with Gasteiger partial charge >= 0.3 is 0 Å². The quantitative estimate of drug-likeness (QED) is 0.841. The first-order chi connectivity index (χ1) is 10.6. The highest BCUT2D eigenvalue weighted by Gasteiger charge is 2.24. The minimum atomic E-state index is -0.170. The summed E-state index contributed by atoms with van der Waals surface area (Å²) in [5.74, 6) is 1.44. The van der Waals surface area contributed by atoms with Crippen molar-refractivity contribution in [1.82, 2.24) is 4.90 Å². The number of ether oxygens (including phenoxy) is 2. The number of nitrogens with zero attached hydrogens (tertiary/aromatic N) is 1. The van der Waals surface area contributed by atoms with Gasteiger partial charge in [0.1, 0.15) is 6.61 Å². The fourth-order valence-electron chi connectivity index (χ4n) is 2.38. The molecule has 0 radical (unpaired) electrons. The zero-order chi connectivity index (χ0) is 15.5. The molecule has 0 spiro atoms. The maximum atomic E-state index is 12.4. The predicted octanol–water partition coefficient (Wildman–Crippen LogP) is 3.36. The standard InChI is InChI=1S/C17H16BrNO3/c1-19(17(20)12-5-4-6-13(18)9-12)10-14-11-21-15-7-2-3-8-16(15)22-14/h2-9,14H,10-11H2,1H3. The van der Waals surface area contributed by atoms with Crippen molar-refractivity contribution >= 4 is 21.8 Å². The zero-order valence-corrected chi connectivity index (χ0v) is 13.7. The SMILES string of the molecule is CN(CC1COc2ccccc2O1)C(=O)c1cccc(Br)c1. The van der Waals surface area contributed by atoms with E-state index in [0.717, 1.165) is 16.0 Å². The van der Waals surface area contributed by atoms with E-state index in [1.807, 2.05) is 42.5 Å². The van der Waals surface area contributed by atoms with Crippen molar-refractivity contribution in [1.29, 1.82) is 0 Å². The van der Waals surface area contributed by atoms with Gasteiger partial charge in [-0.2, -0.15) is 0 Å². The van der Waals surface area contributed by atoms with Crippen LogP contribution in [-0.4, -0.2) is 37.1 Å². The van der Waals surface area contributed by atoms with Gasteiger partial charge in [-0.1, -0.05) is 34.1 Å². The highest BCUT2D eigenvalue weighted by atomic mass is 79.9. The van der Waals surface area contributed by atoms with E-state index in [2.05, 4.69) is 15.9 Å². The summed E-state index contributed by atoms with van der Waals surface area (Å²) in [5, 5.41) is 0. The molecule has 0 aliphatic carbocycles. The molecule has 1 unspecified atom stereocenters. The first kappa shape index (κ1) is 14.9. The Hall–Kier alpha value is -2.01. The predicted molar refractivity (Wildman–Crippen MR) is 87.5 cm³/mol. The molecule has 1 atom stereocenters. The molecule has 1 amide bonds. The number of carbonyl (C=O) groups excluding carboxylic acids is 1. The monoisotopic (exact) mass is 361 g/mol. The number of benzene rings is 2. The normalized spacial score (nSPS) is 16.2. The number of hydrogen-bond acceptors (Lipinski definition) is 3. The van der Waals surface area contributed by atoms with E-state index in [1.54, 1.807) is 18.0 Å². The van der Waals surface area contributed by atoms with Gasteiger partial charge in [0.15, 0.2) is 17.6 Å². The second kappa shape index (κ2) is 6.40. The minimum Gasteiger partial charge on any atom is -0.486 e. The van der Waals surface area contributed by atoms with Gasteiger partial charge in [-0.25, -0.2) is 0 Å². The molecule has 1 heterocycles. The van der Waals surface area contributed by atoms with Crippen LogP contribution in [0.1, 0.15) is 10.4 Å². The van der Waals surface area contributed by atoms with E-state index in [0.29, 0.717) is 18.7 Å². The highest BCUT2D eigenvalue weighted by molar-refractivity contribution is 9.10. The van der Waals surface area contributed by atoms with Gasteiger partial charge in [-0.15, -0.1) is 0 Å². The summed E-state index contributed by atoms with van der Waals surface area (Å²) in [5.41, 5.74) is 0.647. The van der Waals surface area contributed by atoms with Gasteiger partial charge < -0.3 is 14.4 Å². The number of hydrogen-bond donors (Lipinski definition) is 0. The number of likely N-dealkylation sites (N-methyl/N-ethyl adjacent to an activating group) is 1. The number of halogens is 1. The Morgan fingerprint density at radius 3 is 2.77 bits per heavy atom. The fourth-order valence-corrected chi connectivity index (χ4v) is 2.78. The molecule has 1 aliphatic rings. The van der Waals surface area contributed by atoms with Crippen LogP contribution in [0.3, 0.4) is 0 Å². The van der Waals surface area contributed by atoms with Crippen LogP contribution in [0.25, 0.3) is 0 Å². The lowest BCUT2D eigenvalue weighted by Gasteiger charge is -2.29. The fraction of sp³-hybridized carbons (Fsp3) is 0.235. The van der Waals surface area contributed by atoms with Crippen LogP contribution in [-0.2, 0) is 0 Å². The molecule has 0 N–H and O–H groups in total. The van der Waals surface area contributed by atoms with Crippen molar-refractivity contribution < 1.29 is 14.3 Å². The average molecular weight is 362 g/mol. The molecule has 2 aromatic carbocycles. The second-order valence-electron chi connectivity index (χ2n) is 5.19. The van der Waals surface area contributed by atoms with E-state index < -0.39 is 0 Å². The molecule has 0 bridgehead atoms. The van der Waals surface area contributed by atoms with Crippen molar-refractivity contribution in [2.75, 3.05) is 20.2 Å². The smallest absolute Gasteiger partial charge is 0.253 e. The molecule has 114 valence electrons. The third kappa shape index (κ3) is 3.25. The molecule has 22 heavy (non-hydrogen) atoms. The third-order valence-electron chi connectivity index (χ3n) is 3.46. The summed E-state index contributed by atoms with van der Waals surface area (Å²) >= 11 is 3.38. The summed E-state index contributed by atoms with van der Waals surface area (Å²) in [7, 11) is 1.77. The summed E-state index contributed by atoms with van der Waals surface area (Å²) in [6.07, 6.45) is -0.170. The van der Waals surface area contributed by atoms with E-state index in [4.69, 9.17) is 9.47 Å². The van der Waals surface area contributed by atoms with Crippen LogP contribution in [0.4, 0.5) is 0 Å². The van der Waals surface area contributed by atoms with E-state index in [9.17, 15) is 4.79 Å². The Labute approximate surface area is 137 Å². The van der Waals surface area contributed by atoms with Gasteiger partial charge in [-0.05, 0) is 30.3 Å². The maximum Gasteiger partial charge on any atom is 0.253 e. The molecule has 2 aromatic rings. The van der Waals surface area contributed by atoms with Crippen molar-refractivity contribution in [3.63, 3.8) is 0 Å². The maximum absolute atomic E-state index is 12.4. The summed E-state index contributed by atoms with van der Waals surface area (Å²) < 4.78 is 12.4. The summed E-state index contributed by atoms with van der Waals surface area (Å²) in [6.45, 7) is 0.910. The van der Waals surface area contributed by atoms with E-state index in [-0.39, 0.29) is 12.0 Å². The Morgan fingerprint density at radius 2 is 2.00 bits per heavy atom. The van der Waals surface area contributed by atoms with Crippen molar-refractivity contribution in [3.8, 4) is 11.5 Å². The topological polar surface area (TPSA) is 38.8 Å². The van der Waals surface area contributed by atoms with Gasteiger partial charge in [0.25, 0.3) is 5.91 Å². The first-order valence-electron chi connectivity index (χ1n) is 7.03. The minimum absolute atomic E-state index is 0.0382. The van der Waals surface area contributed by atoms with Crippen molar-refractivity contribution in [3.05, 3.63) is 58.6 Å². The molecule has 0 fully saturated rings. The lowest BCUT2D eigenvalue weighted by atomic mass is 10.2. The molecule has 5 heteroatoms. The molecule has 4 nitrogen and oxygen atoms in total. The molecule has 0 saturated heterocycles.